The molecule has 0 aliphatic carbocycles. The number of rotatable bonds is 9. The van der Waals surface area contributed by atoms with Crippen LogP contribution in [0.25, 0.3) is 0 Å². The summed E-state index contributed by atoms with van der Waals surface area (Å²) in [6, 6.07) is 0. The third-order valence-electron chi connectivity index (χ3n) is 2.61. The second kappa shape index (κ2) is 9.60. The van der Waals surface area contributed by atoms with Crippen LogP contribution >= 0.6 is 0 Å². The molecule has 0 rings (SSSR count). The number of carbonyl (C=O) groups is 1. The molecule has 0 aromatic rings. The maximum absolute atomic E-state index is 11.4. The molecular formula is C12H26N2O2. The van der Waals surface area contributed by atoms with Crippen LogP contribution < -0.4 is 0 Å². The molecule has 4 heteroatoms. The largest absolute Gasteiger partial charge is 0.395 e. The molecule has 0 aromatic carbocycles. The molecule has 16 heavy (non-hydrogen) atoms. The first-order valence-electron chi connectivity index (χ1n) is 6.15. The average molecular weight is 230 g/mol. The van der Waals surface area contributed by atoms with E-state index >= 15 is 0 Å². The van der Waals surface area contributed by atoms with Gasteiger partial charge in [-0.15, -0.1) is 0 Å². The Morgan fingerprint density at radius 1 is 1.12 bits per heavy atom. The summed E-state index contributed by atoms with van der Waals surface area (Å²) in [7, 11) is 3.57. The van der Waals surface area contributed by atoms with Gasteiger partial charge in [0.1, 0.15) is 0 Å². The summed E-state index contributed by atoms with van der Waals surface area (Å²) in [4.78, 5) is 15.2. The van der Waals surface area contributed by atoms with Crippen molar-refractivity contribution in [3.8, 4) is 0 Å². The zero-order chi connectivity index (χ0) is 12.4. The molecule has 0 fully saturated rings. The van der Waals surface area contributed by atoms with Gasteiger partial charge in [0.25, 0.3) is 0 Å². The molecule has 0 aliphatic heterocycles. The van der Waals surface area contributed by atoms with E-state index in [1.54, 1.807) is 19.0 Å². The summed E-state index contributed by atoms with van der Waals surface area (Å²) in [5, 5.41) is 8.92. The van der Waals surface area contributed by atoms with Crippen molar-refractivity contribution < 1.29 is 9.90 Å². The molecular weight excluding hydrogens is 204 g/mol. The number of aliphatic hydroxyl groups excluding tert-OH is 1. The van der Waals surface area contributed by atoms with Crippen LogP contribution in [-0.2, 0) is 4.79 Å². The second-order valence-electron chi connectivity index (χ2n) is 4.31. The lowest BCUT2D eigenvalue weighted by Crippen LogP contribution is -2.30. The van der Waals surface area contributed by atoms with E-state index in [0.29, 0.717) is 6.42 Å². The fraction of sp³-hybridized carbons (Fsp3) is 0.917. The number of hydrogen-bond donors (Lipinski definition) is 1. The molecule has 1 N–H and O–H groups in total. The van der Waals surface area contributed by atoms with Gasteiger partial charge in [-0.25, -0.2) is 0 Å². The highest BCUT2D eigenvalue weighted by molar-refractivity contribution is 5.75. The van der Waals surface area contributed by atoms with Crippen LogP contribution in [0.1, 0.15) is 32.6 Å². The molecule has 0 unspecified atom stereocenters. The zero-order valence-electron chi connectivity index (χ0n) is 10.9. The normalized spacial score (nSPS) is 10.8. The smallest absolute Gasteiger partial charge is 0.222 e. The standard InChI is InChI=1S/C12H26N2O2/c1-4-5-8-14(10-11-15)9-6-7-12(16)13(2)3/h15H,4-11H2,1-3H3. The van der Waals surface area contributed by atoms with Crippen molar-refractivity contribution in [3.05, 3.63) is 0 Å². The van der Waals surface area contributed by atoms with Crippen LogP contribution in [0.15, 0.2) is 0 Å². The number of nitrogens with zero attached hydrogens (tertiary/aromatic N) is 2. The van der Waals surface area contributed by atoms with Gasteiger partial charge >= 0.3 is 0 Å². The molecule has 4 nitrogen and oxygen atoms in total. The van der Waals surface area contributed by atoms with E-state index in [9.17, 15) is 4.79 Å². The molecule has 0 aliphatic rings. The lowest BCUT2D eigenvalue weighted by Gasteiger charge is -2.21. The van der Waals surface area contributed by atoms with Crippen molar-refractivity contribution in [3.63, 3.8) is 0 Å². The highest BCUT2D eigenvalue weighted by Crippen LogP contribution is 2.00. The van der Waals surface area contributed by atoms with Crippen molar-refractivity contribution in [2.75, 3.05) is 40.3 Å². The quantitative estimate of drug-likeness (QED) is 0.641. The minimum Gasteiger partial charge on any atom is -0.395 e. The number of hydrogen-bond acceptors (Lipinski definition) is 3. The highest BCUT2D eigenvalue weighted by Gasteiger charge is 2.07. The molecule has 0 atom stereocenters. The van der Waals surface area contributed by atoms with Gasteiger partial charge in [0, 0.05) is 27.1 Å². The topological polar surface area (TPSA) is 43.8 Å². The predicted molar refractivity (Wildman–Crippen MR) is 66.4 cm³/mol. The fourth-order valence-corrected chi connectivity index (χ4v) is 1.54. The van der Waals surface area contributed by atoms with E-state index in [0.717, 1.165) is 32.5 Å². The third kappa shape index (κ3) is 7.65. The molecule has 96 valence electrons. The number of amides is 1. The van der Waals surface area contributed by atoms with Gasteiger partial charge in [-0.2, -0.15) is 0 Å². The summed E-state index contributed by atoms with van der Waals surface area (Å²) in [5.41, 5.74) is 0. The van der Waals surface area contributed by atoms with Gasteiger partial charge in [0.2, 0.25) is 5.91 Å². The first kappa shape index (κ1) is 15.4. The second-order valence-corrected chi connectivity index (χ2v) is 4.31. The zero-order valence-corrected chi connectivity index (χ0v) is 10.9. The Hall–Kier alpha value is -0.610. The molecule has 0 saturated carbocycles. The van der Waals surface area contributed by atoms with Crippen molar-refractivity contribution in [1.29, 1.82) is 0 Å². The van der Waals surface area contributed by atoms with Gasteiger partial charge in [0.05, 0.1) is 6.61 Å². The summed E-state index contributed by atoms with van der Waals surface area (Å²) in [6.07, 6.45) is 3.79. The van der Waals surface area contributed by atoms with E-state index in [2.05, 4.69) is 11.8 Å². The maximum atomic E-state index is 11.4. The molecule has 0 aromatic heterocycles. The van der Waals surface area contributed by atoms with Gasteiger partial charge in [-0.05, 0) is 25.9 Å². The van der Waals surface area contributed by atoms with E-state index in [-0.39, 0.29) is 12.5 Å². The molecule has 0 bridgehead atoms. The van der Waals surface area contributed by atoms with Crippen LogP contribution in [0.3, 0.4) is 0 Å². The summed E-state index contributed by atoms with van der Waals surface area (Å²) >= 11 is 0. The Kier molecular flexibility index (Phi) is 9.24. The van der Waals surface area contributed by atoms with Crippen LogP contribution in [0.2, 0.25) is 0 Å². The van der Waals surface area contributed by atoms with Gasteiger partial charge in [-0.1, -0.05) is 13.3 Å². The van der Waals surface area contributed by atoms with Gasteiger partial charge in [0.15, 0.2) is 0 Å². The van der Waals surface area contributed by atoms with Crippen molar-refractivity contribution in [2.45, 2.75) is 32.6 Å². The first-order chi connectivity index (χ1) is 7.61. The Labute approximate surface area is 99.2 Å². The van der Waals surface area contributed by atoms with E-state index < -0.39 is 0 Å². The van der Waals surface area contributed by atoms with Crippen LogP contribution in [0.4, 0.5) is 0 Å². The Morgan fingerprint density at radius 2 is 1.75 bits per heavy atom. The predicted octanol–water partition coefficient (Wildman–Crippen LogP) is 0.949. The van der Waals surface area contributed by atoms with E-state index in [1.807, 2.05) is 0 Å². The van der Waals surface area contributed by atoms with Gasteiger partial charge in [-0.3, -0.25) is 4.79 Å². The maximum Gasteiger partial charge on any atom is 0.222 e. The Bertz CT molecular complexity index is 184. The number of aliphatic hydroxyl groups is 1. The Balaban J connectivity index is 3.70. The number of unbranched alkanes of at least 4 members (excludes halogenated alkanes) is 1. The van der Waals surface area contributed by atoms with E-state index in [4.69, 9.17) is 5.11 Å². The van der Waals surface area contributed by atoms with Gasteiger partial charge < -0.3 is 14.9 Å². The summed E-state index contributed by atoms with van der Waals surface area (Å²) < 4.78 is 0. The van der Waals surface area contributed by atoms with Crippen molar-refractivity contribution in [2.24, 2.45) is 0 Å². The minimum atomic E-state index is 0.180. The Morgan fingerprint density at radius 3 is 2.25 bits per heavy atom. The van der Waals surface area contributed by atoms with Crippen molar-refractivity contribution >= 4 is 5.91 Å². The monoisotopic (exact) mass is 230 g/mol. The average Bonchev–Trinajstić information content (AvgIpc) is 2.25. The molecule has 1 amide bonds. The van der Waals surface area contributed by atoms with Crippen LogP contribution in [0.5, 0.6) is 0 Å². The fourth-order valence-electron chi connectivity index (χ4n) is 1.54. The highest BCUT2D eigenvalue weighted by atomic mass is 16.3. The van der Waals surface area contributed by atoms with Crippen molar-refractivity contribution in [1.82, 2.24) is 9.80 Å². The third-order valence-corrected chi connectivity index (χ3v) is 2.61. The molecule has 0 heterocycles. The molecule has 0 saturated heterocycles. The summed E-state index contributed by atoms with van der Waals surface area (Å²) in [5.74, 6) is 0.180. The number of carbonyl (C=O) groups excluding carboxylic acids is 1. The van der Waals surface area contributed by atoms with Crippen LogP contribution in [-0.4, -0.2) is 61.2 Å². The molecule has 0 radical (unpaired) electrons. The lowest BCUT2D eigenvalue weighted by atomic mass is 10.2. The summed E-state index contributed by atoms with van der Waals surface area (Å²) in [6.45, 7) is 5.00. The minimum absolute atomic E-state index is 0.180. The molecule has 0 spiro atoms. The SMILES string of the molecule is CCCCN(CCO)CCCC(=O)N(C)C. The van der Waals surface area contributed by atoms with Crippen LogP contribution in [0, 0.1) is 0 Å². The lowest BCUT2D eigenvalue weighted by molar-refractivity contribution is -0.128. The van der Waals surface area contributed by atoms with E-state index in [1.165, 1.54) is 6.42 Å². The first-order valence-corrected chi connectivity index (χ1v) is 6.15.